The molecule has 1 nitrogen and oxygen atoms in total. The van der Waals surface area contributed by atoms with Crippen LogP contribution in [0.4, 0.5) is 0 Å². The minimum atomic E-state index is 0.175. The fourth-order valence-corrected chi connectivity index (χ4v) is 3.23. The molecule has 1 saturated carbocycles. The van der Waals surface area contributed by atoms with Crippen LogP contribution in [0.2, 0.25) is 0 Å². The monoisotopic (exact) mass is 251 g/mol. The SMILES string of the molecule is C[C@@]12C=NC[C@@H]1C2(Br)Br. The maximum absolute atomic E-state index is 4.20. The average molecular weight is 253 g/mol. The highest BCUT2D eigenvalue weighted by atomic mass is 79.9. The summed E-state index contributed by atoms with van der Waals surface area (Å²) in [6, 6.07) is 0. The first-order valence-electron chi connectivity index (χ1n) is 2.98. The number of nitrogens with zero attached hydrogens (tertiary/aromatic N) is 1. The minimum absolute atomic E-state index is 0.175. The molecule has 0 spiro atoms. The average Bonchev–Trinajstić information content (AvgIpc) is 2.21. The lowest BCUT2D eigenvalue weighted by Gasteiger charge is -2.02. The molecule has 3 heteroatoms. The van der Waals surface area contributed by atoms with Crippen LogP contribution in [0.1, 0.15) is 6.92 Å². The molecule has 0 N–H and O–H groups in total. The quantitative estimate of drug-likeness (QED) is 0.587. The Bertz CT molecular complexity index is 187. The van der Waals surface area contributed by atoms with Crippen LogP contribution in [-0.2, 0) is 0 Å². The van der Waals surface area contributed by atoms with Crippen molar-refractivity contribution in [2.24, 2.45) is 16.3 Å². The summed E-state index contributed by atoms with van der Waals surface area (Å²) in [6.45, 7) is 3.20. The third-order valence-corrected chi connectivity index (χ3v) is 5.26. The van der Waals surface area contributed by atoms with Crippen LogP contribution in [0.3, 0.4) is 0 Å². The predicted molar refractivity (Wildman–Crippen MR) is 45.5 cm³/mol. The highest BCUT2D eigenvalue weighted by Crippen LogP contribution is 2.71. The van der Waals surface area contributed by atoms with Gasteiger partial charge in [-0.3, -0.25) is 4.99 Å². The summed E-state index contributed by atoms with van der Waals surface area (Å²) in [5, 5.41) is 0. The van der Waals surface area contributed by atoms with Gasteiger partial charge in [-0.2, -0.15) is 0 Å². The van der Waals surface area contributed by atoms with Crippen molar-refractivity contribution >= 4 is 38.1 Å². The Labute approximate surface area is 71.2 Å². The van der Waals surface area contributed by atoms with Crippen molar-refractivity contribution in [2.45, 2.75) is 10.2 Å². The van der Waals surface area contributed by atoms with E-state index in [4.69, 9.17) is 0 Å². The van der Waals surface area contributed by atoms with Crippen molar-refractivity contribution in [3.63, 3.8) is 0 Å². The topological polar surface area (TPSA) is 12.4 Å². The van der Waals surface area contributed by atoms with Crippen molar-refractivity contribution in [3.05, 3.63) is 0 Å². The fraction of sp³-hybridized carbons (Fsp3) is 0.833. The van der Waals surface area contributed by atoms with E-state index in [1.807, 2.05) is 0 Å². The van der Waals surface area contributed by atoms with Crippen LogP contribution >= 0.6 is 31.9 Å². The Kier molecular flexibility index (Phi) is 1.02. The maximum atomic E-state index is 4.20. The van der Waals surface area contributed by atoms with E-state index < -0.39 is 0 Å². The summed E-state index contributed by atoms with van der Waals surface area (Å²) in [6.07, 6.45) is 2.06. The van der Waals surface area contributed by atoms with Crippen molar-refractivity contribution in [2.75, 3.05) is 6.54 Å². The molecule has 0 bridgehead atoms. The lowest BCUT2D eigenvalue weighted by molar-refractivity contribution is 0.733. The predicted octanol–water partition coefficient (Wildman–Crippen LogP) is 2.19. The second-order valence-corrected chi connectivity index (χ2v) is 6.52. The van der Waals surface area contributed by atoms with E-state index in [0.29, 0.717) is 11.3 Å². The lowest BCUT2D eigenvalue weighted by Crippen LogP contribution is -2.03. The van der Waals surface area contributed by atoms with Gasteiger partial charge in [-0.05, 0) is 0 Å². The molecule has 0 unspecified atom stereocenters. The smallest absolute Gasteiger partial charge is 0.0967 e. The summed E-state index contributed by atoms with van der Waals surface area (Å²) >= 11 is 7.22. The molecule has 1 heterocycles. The molecule has 2 aliphatic rings. The van der Waals surface area contributed by atoms with Gasteiger partial charge in [0.15, 0.2) is 0 Å². The Hall–Kier alpha value is 0.630. The molecule has 50 valence electrons. The molecule has 0 aromatic heterocycles. The first-order valence-corrected chi connectivity index (χ1v) is 4.56. The number of hydrogen-bond acceptors (Lipinski definition) is 1. The second-order valence-electron chi connectivity index (χ2n) is 2.95. The molecule has 0 saturated heterocycles. The van der Waals surface area contributed by atoms with E-state index in [9.17, 15) is 0 Å². The van der Waals surface area contributed by atoms with E-state index in [0.717, 1.165) is 6.54 Å². The van der Waals surface area contributed by atoms with Gasteiger partial charge in [0.1, 0.15) is 0 Å². The van der Waals surface area contributed by atoms with E-state index in [1.165, 1.54) is 0 Å². The molecule has 2 atom stereocenters. The standard InChI is InChI=1S/C6H7Br2N/c1-5-3-9-2-4(5)6(5,7)8/h3-4H,2H2,1H3/t4-,5+/m0/s1. The summed E-state index contributed by atoms with van der Waals surface area (Å²) in [5.74, 6) is 0.685. The van der Waals surface area contributed by atoms with E-state index in [-0.39, 0.29) is 3.23 Å². The Morgan fingerprint density at radius 1 is 1.67 bits per heavy atom. The normalized spacial score (nSPS) is 51.2. The van der Waals surface area contributed by atoms with E-state index in [1.54, 1.807) is 0 Å². The van der Waals surface area contributed by atoms with Crippen LogP contribution in [0.15, 0.2) is 4.99 Å². The third-order valence-electron chi connectivity index (χ3n) is 2.44. The van der Waals surface area contributed by atoms with Gasteiger partial charge in [-0.15, -0.1) is 0 Å². The Morgan fingerprint density at radius 2 is 2.33 bits per heavy atom. The molecular weight excluding hydrogens is 246 g/mol. The van der Waals surface area contributed by atoms with Crippen LogP contribution in [-0.4, -0.2) is 16.0 Å². The zero-order valence-electron chi connectivity index (χ0n) is 5.06. The summed E-state index contributed by atoms with van der Waals surface area (Å²) < 4.78 is 0.175. The number of aliphatic imine (C=N–C) groups is 1. The molecular formula is C6H7Br2N. The highest BCUT2D eigenvalue weighted by molar-refractivity contribution is 9.25. The van der Waals surface area contributed by atoms with Crippen molar-refractivity contribution < 1.29 is 0 Å². The number of halogens is 2. The van der Waals surface area contributed by atoms with E-state index in [2.05, 4.69) is 50.0 Å². The summed E-state index contributed by atoms with van der Waals surface area (Å²) in [4.78, 5) is 4.20. The largest absolute Gasteiger partial charge is 0.296 e. The Balaban J connectivity index is 2.36. The molecule has 0 amide bonds. The second kappa shape index (κ2) is 1.45. The fourth-order valence-electron chi connectivity index (χ4n) is 1.47. The lowest BCUT2D eigenvalue weighted by atomic mass is 10.1. The third kappa shape index (κ3) is 0.535. The van der Waals surface area contributed by atoms with E-state index >= 15 is 0 Å². The highest BCUT2D eigenvalue weighted by Gasteiger charge is 2.72. The van der Waals surface area contributed by atoms with Gasteiger partial charge in [0.25, 0.3) is 0 Å². The summed E-state index contributed by atoms with van der Waals surface area (Å²) in [5.41, 5.74) is 0.299. The first-order chi connectivity index (χ1) is 4.09. The maximum Gasteiger partial charge on any atom is 0.0967 e. The number of hydrogen-bond donors (Lipinski definition) is 0. The zero-order valence-corrected chi connectivity index (χ0v) is 8.24. The molecule has 0 aromatic rings. The molecule has 1 aliphatic heterocycles. The van der Waals surface area contributed by atoms with Crippen molar-refractivity contribution in [1.82, 2.24) is 0 Å². The van der Waals surface area contributed by atoms with Crippen molar-refractivity contribution in [3.8, 4) is 0 Å². The number of fused-ring (bicyclic) bond motifs is 1. The van der Waals surface area contributed by atoms with Gasteiger partial charge in [0.05, 0.1) is 3.23 Å². The van der Waals surface area contributed by atoms with Gasteiger partial charge in [-0.1, -0.05) is 38.8 Å². The summed E-state index contributed by atoms with van der Waals surface area (Å²) in [7, 11) is 0. The molecule has 1 aliphatic carbocycles. The molecule has 2 rings (SSSR count). The first kappa shape index (κ1) is 6.35. The minimum Gasteiger partial charge on any atom is -0.296 e. The van der Waals surface area contributed by atoms with Crippen LogP contribution in [0.25, 0.3) is 0 Å². The molecule has 1 fully saturated rings. The molecule has 9 heavy (non-hydrogen) atoms. The van der Waals surface area contributed by atoms with Crippen LogP contribution < -0.4 is 0 Å². The Morgan fingerprint density at radius 3 is 2.56 bits per heavy atom. The zero-order chi connectivity index (χ0) is 6.70. The number of alkyl halides is 2. The molecule has 0 radical (unpaired) electrons. The van der Waals surface area contributed by atoms with Crippen LogP contribution in [0, 0.1) is 11.3 Å². The molecule has 0 aromatic carbocycles. The van der Waals surface area contributed by atoms with Gasteiger partial charge in [0, 0.05) is 24.1 Å². The van der Waals surface area contributed by atoms with Crippen LogP contribution in [0.5, 0.6) is 0 Å². The van der Waals surface area contributed by atoms with Gasteiger partial charge >= 0.3 is 0 Å². The van der Waals surface area contributed by atoms with Gasteiger partial charge in [-0.25, -0.2) is 0 Å². The van der Waals surface area contributed by atoms with Gasteiger partial charge < -0.3 is 0 Å². The number of rotatable bonds is 0. The van der Waals surface area contributed by atoms with Crippen molar-refractivity contribution in [1.29, 1.82) is 0 Å². The van der Waals surface area contributed by atoms with Gasteiger partial charge in [0.2, 0.25) is 0 Å².